The minimum absolute atomic E-state index is 0.0901. The summed E-state index contributed by atoms with van der Waals surface area (Å²) >= 11 is 0. The van der Waals surface area contributed by atoms with Gasteiger partial charge in [-0.15, -0.1) is 0 Å². The fourth-order valence-electron chi connectivity index (χ4n) is 1.89. The van der Waals surface area contributed by atoms with Crippen LogP contribution in [0.4, 0.5) is 0 Å². The van der Waals surface area contributed by atoms with Crippen LogP contribution >= 0.6 is 0 Å². The molecule has 0 atom stereocenters. The molecule has 3 rings (SSSR count). The predicted octanol–water partition coefficient (Wildman–Crippen LogP) is 1.88. The molecular weight excluding hydrogens is 262 g/mol. The van der Waals surface area contributed by atoms with E-state index in [2.05, 4.69) is 9.97 Å². The van der Waals surface area contributed by atoms with Gasteiger partial charge in [0.25, 0.3) is 0 Å². The van der Waals surface area contributed by atoms with Crippen LogP contribution in [0, 0.1) is 0 Å². The maximum atomic E-state index is 11.2. The van der Waals surface area contributed by atoms with Gasteiger partial charge < -0.3 is 4.98 Å². The Balaban J connectivity index is 2.07. The first-order valence-electron chi connectivity index (χ1n) is 5.62. The lowest BCUT2D eigenvalue weighted by atomic mass is 10.2. The van der Waals surface area contributed by atoms with Crippen molar-refractivity contribution in [2.75, 3.05) is 0 Å². The number of fused-ring (bicyclic) bond motifs is 1. The number of aromatic amines is 1. The molecule has 0 aliphatic rings. The van der Waals surface area contributed by atoms with Gasteiger partial charge in [0.05, 0.1) is 15.9 Å². The van der Waals surface area contributed by atoms with Gasteiger partial charge in [-0.25, -0.2) is 18.5 Å². The highest BCUT2D eigenvalue weighted by molar-refractivity contribution is 7.89. The number of imidazole rings is 1. The number of nitrogens with two attached hydrogens (primary N) is 1. The minimum atomic E-state index is -3.66. The Labute approximate surface area is 110 Å². The summed E-state index contributed by atoms with van der Waals surface area (Å²) in [6.07, 6.45) is 0. The van der Waals surface area contributed by atoms with Crippen LogP contribution in [0.2, 0.25) is 0 Å². The molecular formula is C13H11N3O2S. The quantitative estimate of drug-likeness (QED) is 0.747. The Bertz CT molecular complexity index is 803. The van der Waals surface area contributed by atoms with Gasteiger partial charge in [0, 0.05) is 5.56 Å². The number of primary sulfonamides is 1. The van der Waals surface area contributed by atoms with Crippen LogP contribution in [-0.4, -0.2) is 18.4 Å². The van der Waals surface area contributed by atoms with E-state index in [4.69, 9.17) is 5.14 Å². The van der Waals surface area contributed by atoms with Crippen molar-refractivity contribution >= 4 is 21.1 Å². The molecule has 1 aromatic heterocycles. The molecule has 0 unspecified atom stereocenters. The number of H-pyrrole nitrogens is 1. The maximum Gasteiger partial charge on any atom is 0.238 e. The second kappa shape index (κ2) is 4.18. The van der Waals surface area contributed by atoms with Crippen molar-refractivity contribution in [1.29, 1.82) is 0 Å². The third kappa shape index (κ3) is 2.23. The van der Waals surface area contributed by atoms with Crippen LogP contribution in [0.1, 0.15) is 0 Å². The van der Waals surface area contributed by atoms with Crippen LogP contribution in [-0.2, 0) is 10.0 Å². The summed E-state index contributed by atoms with van der Waals surface area (Å²) in [7, 11) is -3.66. The number of sulfonamides is 1. The standard InChI is InChI=1S/C13H11N3O2S/c14-19(17,18)10-7-5-9(6-8-10)13-15-11-3-1-2-4-12(11)16-13/h1-8H,(H,15,16)(H2,14,17,18). The van der Waals surface area contributed by atoms with Crippen LogP contribution in [0.15, 0.2) is 53.4 Å². The van der Waals surface area contributed by atoms with E-state index in [0.717, 1.165) is 16.6 Å². The van der Waals surface area contributed by atoms with E-state index >= 15 is 0 Å². The highest BCUT2D eigenvalue weighted by Crippen LogP contribution is 2.21. The zero-order valence-corrected chi connectivity index (χ0v) is 10.7. The average molecular weight is 273 g/mol. The van der Waals surface area contributed by atoms with Gasteiger partial charge >= 0.3 is 0 Å². The van der Waals surface area contributed by atoms with Gasteiger partial charge in [-0.3, -0.25) is 0 Å². The number of aromatic nitrogens is 2. The van der Waals surface area contributed by atoms with Gasteiger partial charge in [0.2, 0.25) is 10.0 Å². The first kappa shape index (κ1) is 11.9. The van der Waals surface area contributed by atoms with Gasteiger partial charge in [-0.05, 0) is 36.4 Å². The SMILES string of the molecule is NS(=O)(=O)c1ccc(-c2nc3ccccc3[nH]2)cc1. The largest absolute Gasteiger partial charge is 0.338 e. The van der Waals surface area contributed by atoms with E-state index in [1.165, 1.54) is 12.1 Å². The second-order valence-corrected chi connectivity index (χ2v) is 5.73. The number of hydrogen-bond donors (Lipinski definition) is 2. The Morgan fingerprint density at radius 3 is 2.32 bits per heavy atom. The molecule has 0 radical (unpaired) electrons. The first-order valence-corrected chi connectivity index (χ1v) is 7.17. The number of nitrogens with one attached hydrogen (secondary N) is 1. The molecule has 0 spiro atoms. The fraction of sp³-hybridized carbons (Fsp3) is 0. The molecule has 3 aromatic rings. The van der Waals surface area contributed by atoms with Crippen molar-refractivity contribution in [3.63, 3.8) is 0 Å². The molecule has 6 heteroatoms. The Morgan fingerprint density at radius 1 is 1.00 bits per heavy atom. The minimum Gasteiger partial charge on any atom is -0.338 e. The molecule has 5 nitrogen and oxygen atoms in total. The summed E-state index contributed by atoms with van der Waals surface area (Å²) in [5, 5.41) is 5.06. The van der Waals surface area contributed by atoms with E-state index in [1.54, 1.807) is 12.1 Å². The summed E-state index contributed by atoms with van der Waals surface area (Å²) in [6.45, 7) is 0. The third-order valence-electron chi connectivity index (χ3n) is 2.85. The Kier molecular flexibility index (Phi) is 2.62. The molecule has 0 bridgehead atoms. The molecule has 0 saturated heterocycles. The summed E-state index contributed by atoms with van der Waals surface area (Å²) in [5.74, 6) is 0.696. The molecule has 0 amide bonds. The Morgan fingerprint density at radius 2 is 1.68 bits per heavy atom. The van der Waals surface area contributed by atoms with Gasteiger partial charge in [0.15, 0.2) is 0 Å². The number of nitrogens with zero attached hydrogens (tertiary/aromatic N) is 1. The highest BCUT2D eigenvalue weighted by Gasteiger charge is 2.09. The molecule has 0 aliphatic heterocycles. The fourth-order valence-corrected chi connectivity index (χ4v) is 2.41. The average Bonchev–Trinajstić information content (AvgIpc) is 2.81. The van der Waals surface area contributed by atoms with E-state index in [9.17, 15) is 8.42 Å². The number of para-hydroxylation sites is 2. The third-order valence-corrected chi connectivity index (χ3v) is 3.77. The maximum absolute atomic E-state index is 11.2. The molecule has 0 saturated carbocycles. The van der Waals surface area contributed by atoms with Crippen molar-refractivity contribution in [1.82, 2.24) is 9.97 Å². The van der Waals surface area contributed by atoms with Crippen LogP contribution in [0.3, 0.4) is 0 Å². The van der Waals surface area contributed by atoms with E-state index in [-0.39, 0.29) is 4.90 Å². The van der Waals surface area contributed by atoms with Crippen LogP contribution in [0.25, 0.3) is 22.4 Å². The smallest absolute Gasteiger partial charge is 0.238 e. The lowest BCUT2D eigenvalue weighted by Crippen LogP contribution is -2.11. The van der Waals surface area contributed by atoms with Gasteiger partial charge in [-0.1, -0.05) is 12.1 Å². The van der Waals surface area contributed by atoms with E-state index in [0.29, 0.717) is 5.82 Å². The molecule has 3 N–H and O–H groups in total. The van der Waals surface area contributed by atoms with Gasteiger partial charge in [0.1, 0.15) is 5.82 Å². The predicted molar refractivity (Wildman–Crippen MR) is 72.9 cm³/mol. The number of hydrogen-bond acceptors (Lipinski definition) is 3. The zero-order valence-electron chi connectivity index (χ0n) is 9.87. The molecule has 19 heavy (non-hydrogen) atoms. The summed E-state index contributed by atoms with van der Waals surface area (Å²) < 4.78 is 22.4. The summed E-state index contributed by atoms with van der Waals surface area (Å²) in [6, 6.07) is 14.0. The highest BCUT2D eigenvalue weighted by atomic mass is 32.2. The second-order valence-electron chi connectivity index (χ2n) is 4.17. The van der Waals surface area contributed by atoms with E-state index in [1.807, 2.05) is 24.3 Å². The molecule has 2 aromatic carbocycles. The molecule has 1 heterocycles. The lowest BCUT2D eigenvalue weighted by molar-refractivity contribution is 0.598. The molecule has 96 valence electrons. The van der Waals surface area contributed by atoms with Crippen molar-refractivity contribution in [2.24, 2.45) is 5.14 Å². The Hall–Kier alpha value is -2.18. The molecule has 0 fully saturated rings. The van der Waals surface area contributed by atoms with Crippen molar-refractivity contribution in [3.05, 3.63) is 48.5 Å². The zero-order chi connectivity index (χ0) is 13.5. The van der Waals surface area contributed by atoms with Crippen LogP contribution in [0.5, 0.6) is 0 Å². The monoisotopic (exact) mass is 273 g/mol. The summed E-state index contributed by atoms with van der Waals surface area (Å²) in [5.41, 5.74) is 2.62. The van der Waals surface area contributed by atoms with Gasteiger partial charge in [-0.2, -0.15) is 0 Å². The normalized spacial score (nSPS) is 11.8. The summed E-state index contributed by atoms with van der Waals surface area (Å²) in [4.78, 5) is 7.71. The topological polar surface area (TPSA) is 88.8 Å². The lowest BCUT2D eigenvalue weighted by Gasteiger charge is -1.99. The molecule has 0 aliphatic carbocycles. The van der Waals surface area contributed by atoms with Crippen molar-refractivity contribution in [2.45, 2.75) is 4.90 Å². The number of rotatable bonds is 2. The van der Waals surface area contributed by atoms with Crippen molar-refractivity contribution < 1.29 is 8.42 Å². The first-order chi connectivity index (χ1) is 9.04. The van der Waals surface area contributed by atoms with E-state index < -0.39 is 10.0 Å². The van der Waals surface area contributed by atoms with Crippen LogP contribution < -0.4 is 5.14 Å². The number of benzene rings is 2. The van der Waals surface area contributed by atoms with Crippen molar-refractivity contribution in [3.8, 4) is 11.4 Å².